The van der Waals surface area contributed by atoms with E-state index in [1.807, 2.05) is 30.3 Å². The van der Waals surface area contributed by atoms with Crippen molar-refractivity contribution in [3.8, 4) is 0 Å². The lowest BCUT2D eigenvalue weighted by Crippen LogP contribution is -2.33. The van der Waals surface area contributed by atoms with Gasteiger partial charge in [0.15, 0.2) is 0 Å². The van der Waals surface area contributed by atoms with Crippen LogP contribution in [-0.2, 0) is 6.42 Å². The van der Waals surface area contributed by atoms with Gasteiger partial charge in [-0.25, -0.2) is 4.79 Å². The van der Waals surface area contributed by atoms with Crippen LogP contribution in [0.5, 0.6) is 0 Å². The van der Waals surface area contributed by atoms with Gasteiger partial charge >= 0.3 is 6.09 Å². The molecule has 0 aliphatic heterocycles. The monoisotopic (exact) mass is 223 g/mol. The molecule has 0 bridgehead atoms. The van der Waals surface area contributed by atoms with E-state index in [0.717, 1.165) is 12.8 Å². The fraction of sp³-hybridized carbons (Fsp3) is 0.417. The average molecular weight is 223 g/mol. The number of amides is 1. The van der Waals surface area contributed by atoms with Crippen LogP contribution in [0.25, 0.3) is 0 Å². The van der Waals surface area contributed by atoms with E-state index in [1.165, 1.54) is 10.5 Å². The van der Waals surface area contributed by atoms with E-state index in [4.69, 9.17) is 10.2 Å². The summed E-state index contributed by atoms with van der Waals surface area (Å²) in [6.07, 6.45) is 0.661. The second-order valence-corrected chi connectivity index (χ2v) is 3.58. The Morgan fingerprint density at radius 3 is 2.44 bits per heavy atom. The normalized spacial score (nSPS) is 10.1. The van der Waals surface area contributed by atoms with Crippen LogP contribution in [0, 0.1) is 0 Å². The fourth-order valence-corrected chi connectivity index (χ4v) is 1.54. The second kappa shape index (κ2) is 6.85. The van der Waals surface area contributed by atoms with Gasteiger partial charge in [0.2, 0.25) is 0 Å². The van der Waals surface area contributed by atoms with Crippen LogP contribution in [0.3, 0.4) is 0 Å². The number of carboxylic acid groups (broad SMARTS) is 1. The summed E-state index contributed by atoms with van der Waals surface area (Å²) in [5.41, 5.74) is 1.21. The summed E-state index contributed by atoms with van der Waals surface area (Å²) in [7, 11) is 0. The highest BCUT2D eigenvalue weighted by atomic mass is 16.4. The summed E-state index contributed by atoms with van der Waals surface area (Å²) in [5.74, 6) is 0. The molecule has 0 saturated carbocycles. The summed E-state index contributed by atoms with van der Waals surface area (Å²) in [6, 6.07) is 9.95. The number of hydrogen-bond acceptors (Lipinski definition) is 2. The summed E-state index contributed by atoms with van der Waals surface area (Å²) in [6.45, 7) is 0.520. The lowest BCUT2D eigenvalue weighted by molar-refractivity contribution is 0.131. The lowest BCUT2D eigenvalue weighted by Gasteiger charge is -2.17. The van der Waals surface area contributed by atoms with E-state index in [2.05, 4.69) is 0 Å². The van der Waals surface area contributed by atoms with Crippen LogP contribution < -0.4 is 0 Å². The molecule has 0 fully saturated rings. The first-order valence-electron chi connectivity index (χ1n) is 5.36. The van der Waals surface area contributed by atoms with E-state index in [9.17, 15) is 4.79 Å². The summed E-state index contributed by atoms with van der Waals surface area (Å²) >= 11 is 0. The van der Waals surface area contributed by atoms with Crippen LogP contribution in [0.2, 0.25) is 0 Å². The third-order valence-corrected chi connectivity index (χ3v) is 2.38. The Kier molecular flexibility index (Phi) is 5.36. The van der Waals surface area contributed by atoms with Gasteiger partial charge in [0.05, 0.1) is 6.61 Å². The third kappa shape index (κ3) is 4.31. The van der Waals surface area contributed by atoms with Gasteiger partial charge in [0, 0.05) is 13.1 Å². The maximum Gasteiger partial charge on any atom is 0.407 e. The van der Waals surface area contributed by atoms with Crippen LogP contribution >= 0.6 is 0 Å². The zero-order chi connectivity index (χ0) is 11.8. The van der Waals surface area contributed by atoms with Crippen LogP contribution in [-0.4, -0.2) is 40.9 Å². The van der Waals surface area contributed by atoms with E-state index in [-0.39, 0.29) is 13.2 Å². The number of aryl methyl sites for hydroxylation is 1. The second-order valence-electron chi connectivity index (χ2n) is 3.58. The molecule has 1 aromatic rings. The van der Waals surface area contributed by atoms with Crippen molar-refractivity contribution in [2.24, 2.45) is 0 Å². The highest BCUT2D eigenvalue weighted by molar-refractivity contribution is 5.64. The molecule has 0 aliphatic rings. The molecule has 0 radical (unpaired) electrons. The molecular weight excluding hydrogens is 206 g/mol. The van der Waals surface area contributed by atoms with Gasteiger partial charge in [0.25, 0.3) is 0 Å². The smallest absolute Gasteiger partial charge is 0.407 e. The largest absolute Gasteiger partial charge is 0.465 e. The lowest BCUT2D eigenvalue weighted by atomic mass is 10.1. The predicted molar refractivity (Wildman–Crippen MR) is 61.4 cm³/mol. The minimum absolute atomic E-state index is 0.127. The summed E-state index contributed by atoms with van der Waals surface area (Å²) < 4.78 is 0. The Balaban J connectivity index is 2.31. The maximum absolute atomic E-state index is 10.7. The van der Waals surface area contributed by atoms with Gasteiger partial charge < -0.3 is 15.1 Å². The number of hydrogen-bond donors (Lipinski definition) is 2. The van der Waals surface area contributed by atoms with Crippen molar-refractivity contribution in [3.05, 3.63) is 35.9 Å². The standard InChI is InChI=1S/C12H17NO3/c14-10-9-13(12(15)16)8-4-7-11-5-2-1-3-6-11/h1-3,5-6,14H,4,7-10H2,(H,15,16). The fourth-order valence-electron chi connectivity index (χ4n) is 1.54. The molecule has 0 saturated heterocycles. The molecule has 0 atom stereocenters. The first kappa shape index (κ1) is 12.5. The van der Waals surface area contributed by atoms with Crippen molar-refractivity contribution in [1.29, 1.82) is 0 Å². The number of aliphatic hydroxyl groups is 1. The Hall–Kier alpha value is -1.55. The number of nitrogens with zero attached hydrogens (tertiary/aromatic N) is 1. The maximum atomic E-state index is 10.7. The zero-order valence-electron chi connectivity index (χ0n) is 9.17. The molecule has 2 N–H and O–H groups in total. The van der Waals surface area contributed by atoms with Gasteiger partial charge in [0.1, 0.15) is 0 Å². The Bertz CT molecular complexity index is 313. The molecule has 1 amide bonds. The van der Waals surface area contributed by atoms with Crippen molar-refractivity contribution in [1.82, 2.24) is 4.90 Å². The molecule has 0 aliphatic carbocycles. The van der Waals surface area contributed by atoms with Crippen LogP contribution in [0.15, 0.2) is 30.3 Å². The quantitative estimate of drug-likeness (QED) is 0.770. The third-order valence-electron chi connectivity index (χ3n) is 2.38. The molecule has 0 heterocycles. The topological polar surface area (TPSA) is 60.8 Å². The Morgan fingerprint density at radius 1 is 1.19 bits per heavy atom. The predicted octanol–water partition coefficient (Wildman–Crippen LogP) is 1.59. The van der Waals surface area contributed by atoms with Gasteiger partial charge in [-0.15, -0.1) is 0 Å². The molecule has 0 aromatic heterocycles. The van der Waals surface area contributed by atoms with Crippen LogP contribution in [0.1, 0.15) is 12.0 Å². The van der Waals surface area contributed by atoms with Crippen molar-refractivity contribution in [3.63, 3.8) is 0 Å². The number of aliphatic hydroxyl groups excluding tert-OH is 1. The van der Waals surface area contributed by atoms with E-state index in [1.54, 1.807) is 0 Å². The summed E-state index contributed by atoms with van der Waals surface area (Å²) in [5, 5.41) is 17.5. The highest BCUT2D eigenvalue weighted by Crippen LogP contribution is 2.03. The van der Waals surface area contributed by atoms with Gasteiger partial charge in [-0.2, -0.15) is 0 Å². The number of rotatable bonds is 6. The number of benzene rings is 1. The number of carbonyl (C=O) groups is 1. The van der Waals surface area contributed by atoms with Crippen molar-refractivity contribution in [2.45, 2.75) is 12.8 Å². The van der Waals surface area contributed by atoms with Crippen molar-refractivity contribution in [2.75, 3.05) is 19.7 Å². The first-order chi connectivity index (χ1) is 7.74. The van der Waals surface area contributed by atoms with Gasteiger partial charge in [-0.3, -0.25) is 0 Å². The average Bonchev–Trinajstić information content (AvgIpc) is 2.29. The molecule has 4 heteroatoms. The minimum Gasteiger partial charge on any atom is -0.465 e. The highest BCUT2D eigenvalue weighted by Gasteiger charge is 2.09. The van der Waals surface area contributed by atoms with Gasteiger partial charge in [-0.1, -0.05) is 30.3 Å². The molecule has 1 rings (SSSR count). The zero-order valence-corrected chi connectivity index (χ0v) is 9.17. The Morgan fingerprint density at radius 2 is 1.88 bits per heavy atom. The minimum atomic E-state index is -0.970. The van der Waals surface area contributed by atoms with E-state index >= 15 is 0 Å². The van der Waals surface area contributed by atoms with E-state index in [0.29, 0.717) is 6.54 Å². The van der Waals surface area contributed by atoms with E-state index < -0.39 is 6.09 Å². The molecule has 16 heavy (non-hydrogen) atoms. The SMILES string of the molecule is O=C(O)N(CCO)CCCc1ccccc1. The molecule has 0 unspecified atom stereocenters. The Labute approximate surface area is 95.1 Å². The molecule has 1 aromatic carbocycles. The first-order valence-corrected chi connectivity index (χ1v) is 5.36. The molecule has 88 valence electrons. The van der Waals surface area contributed by atoms with Crippen molar-refractivity contribution < 1.29 is 15.0 Å². The van der Waals surface area contributed by atoms with Crippen LogP contribution in [0.4, 0.5) is 4.79 Å². The summed E-state index contributed by atoms with van der Waals surface area (Å²) in [4.78, 5) is 12.0. The molecule has 0 spiro atoms. The molecule has 4 nitrogen and oxygen atoms in total. The van der Waals surface area contributed by atoms with Gasteiger partial charge in [-0.05, 0) is 18.4 Å². The van der Waals surface area contributed by atoms with Crippen molar-refractivity contribution >= 4 is 6.09 Å². The molecular formula is C12H17NO3.